The molecule has 1 heterocycles. The Bertz CT molecular complexity index is 405. The molecule has 1 fully saturated rings. The molecule has 0 amide bonds. The molecule has 4 heteroatoms. The number of nitrogens with zero attached hydrogens (tertiary/aromatic N) is 1. The number of ether oxygens (including phenoxy) is 1. The minimum Gasteiger partial charge on any atom is -0.377 e. The van der Waals surface area contributed by atoms with Gasteiger partial charge in [-0.25, -0.2) is 4.39 Å². The highest BCUT2D eigenvalue weighted by Gasteiger charge is 2.18. The molecule has 106 valence electrons. The maximum absolute atomic E-state index is 13.4. The summed E-state index contributed by atoms with van der Waals surface area (Å²) in [6.45, 7) is 6.01. The molecule has 1 saturated heterocycles. The molecule has 19 heavy (non-hydrogen) atoms. The maximum Gasteiger partial charge on any atom is 0.127 e. The quantitative estimate of drug-likeness (QED) is 0.858. The van der Waals surface area contributed by atoms with Gasteiger partial charge in [-0.1, -0.05) is 19.1 Å². The van der Waals surface area contributed by atoms with Gasteiger partial charge in [-0.3, -0.25) is 4.90 Å². The Kier molecular flexibility index (Phi) is 5.31. The minimum absolute atomic E-state index is 0.214. The van der Waals surface area contributed by atoms with E-state index in [1.54, 1.807) is 0 Å². The van der Waals surface area contributed by atoms with Crippen molar-refractivity contribution in [1.29, 1.82) is 0 Å². The van der Waals surface area contributed by atoms with E-state index in [0.29, 0.717) is 11.7 Å². The molecule has 1 aromatic rings. The van der Waals surface area contributed by atoms with Crippen LogP contribution in [0.25, 0.3) is 0 Å². The van der Waals surface area contributed by atoms with Crippen molar-refractivity contribution in [3.05, 3.63) is 35.1 Å². The number of benzene rings is 1. The molecule has 3 nitrogen and oxygen atoms in total. The topological polar surface area (TPSA) is 38.5 Å². The zero-order chi connectivity index (χ0) is 13.7. The second-order valence-electron chi connectivity index (χ2n) is 5.09. The molecule has 0 spiro atoms. The van der Waals surface area contributed by atoms with Crippen LogP contribution in [0, 0.1) is 5.82 Å². The van der Waals surface area contributed by atoms with Gasteiger partial charge in [0.1, 0.15) is 5.82 Å². The molecule has 1 unspecified atom stereocenters. The SMILES string of the molecule is CCN(Cc1ccc(F)c(CN)c1)CC1CCCO1. The smallest absolute Gasteiger partial charge is 0.127 e. The third-order valence-corrected chi connectivity index (χ3v) is 3.67. The van der Waals surface area contributed by atoms with Crippen LogP contribution in [0.2, 0.25) is 0 Å². The van der Waals surface area contributed by atoms with Crippen LogP contribution in [0.15, 0.2) is 18.2 Å². The summed E-state index contributed by atoms with van der Waals surface area (Å²) >= 11 is 0. The van der Waals surface area contributed by atoms with Crippen molar-refractivity contribution in [3.8, 4) is 0 Å². The molecule has 1 aromatic carbocycles. The van der Waals surface area contributed by atoms with Crippen LogP contribution in [0.1, 0.15) is 30.9 Å². The first kappa shape index (κ1) is 14.4. The summed E-state index contributed by atoms with van der Waals surface area (Å²) in [5.41, 5.74) is 7.24. The summed E-state index contributed by atoms with van der Waals surface area (Å²) in [6, 6.07) is 5.22. The van der Waals surface area contributed by atoms with Gasteiger partial charge in [-0.05, 0) is 31.0 Å². The molecule has 0 radical (unpaired) electrons. The van der Waals surface area contributed by atoms with Crippen LogP contribution in [0.3, 0.4) is 0 Å². The van der Waals surface area contributed by atoms with Gasteiger partial charge in [0.25, 0.3) is 0 Å². The lowest BCUT2D eigenvalue weighted by atomic mass is 10.1. The third kappa shape index (κ3) is 4.00. The summed E-state index contributed by atoms with van der Waals surface area (Å²) in [5.74, 6) is -0.214. The van der Waals surface area contributed by atoms with Crippen LogP contribution < -0.4 is 5.73 Å². The normalized spacial score (nSPS) is 19.3. The van der Waals surface area contributed by atoms with Crippen LogP contribution in [0.5, 0.6) is 0 Å². The van der Waals surface area contributed by atoms with E-state index < -0.39 is 0 Å². The summed E-state index contributed by atoms with van der Waals surface area (Å²) < 4.78 is 19.1. The van der Waals surface area contributed by atoms with Gasteiger partial charge in [0.2, 0.25) is 0 Å². The summed E-state index contributed by atoms with van der Waals surface area (Å²) in [5, 5.41) is 0. The van der Waals surface area contributed by atoms with E-state index in [9.17, 15) is 4.39 Å². The lowest BCUT2D eigenvalue weighted by Crippen LogP contribution is -2.31. The Hall–Kier alpha value is -0.970. The number of hydrogen-bond acceptors (Lipinski definition) is 3. The van der Waals surface area contributed by atoms with Gasteiger partial charge in [0, 0.05) is 31.8 Å². The van der Waals surface area contributed by atoms with E-state index in [4.69, 9.17) is 10.5 Å². The van der Waals surface area contributed by atoms with Crippen LogP contribution in [0.4, 0.5) is 4.39 Å². The summed E-state index contributed by atoms with van der Waals surface area (Å²) in [6.07, 6.45) is 2.67. The van der Waals surface area contributed by atoms with Gasteiger partial charge in [-0.15, -0.1) is 0 Å². The lowest BCUT2D eigenvalue weighted by molar-refractivity contribution is 0.0725. The van der Waals surface area contributed by atoms with E-state index in [-0.39, 0.29) is 12.4 Å². The van der Waals surface area contributed by atoms with Crippen molar-refractivity contribution in [1.82, 2.24) is 4.90 Å². The van der Waals surface area contributed by atoms with Gasteiger partial charge in [-0.2, -0.15) is 0 Å². The number of rotatable bonds is 6. The standard InChI is InChI=1S/C15H23FN2O/c1-2-18(11-14-4-3-7-19-14)10-12-5-6-15(16)13(8-12)9-17/h5-6,8,14H,2-4,7,9-11,17H2,1H3. The third-order valence-electron chi connectivity index (χ3n) is 3.67. The average molecular weight is 266 g/mol. The zero-order valence-corrected chi connectivity index (χ0v) is 11.6. The Balaban J connectivity index is 1.96. The molecular weight excluding hydrogens is 243 g/mol. The fourth-order valence-corrected chi connectivity index (χ4v) is 2.52. The highest BCUT2D eigenvalue weighted by Crippen LogP contribution is 2.16. The van der Waals surface area contributed by atoms with Crippen molar-refractivity contribution < 1.29 is 9.13 Å². The van der Waals surface area contributed by atoms with Gasteiger partial charge >= 0.3 is 0 Å². The van der Waals surface area contributed by atoms with Crippen LogP contribution >= 0.6 is 0 Å². The predicted octanol–water partition coefficient (Wildman–Crippen LogP) is 2.29. The fourth-order valence-electron chi connectivity index (χ4n) is 2.52. The highest BCUT2D eigenvalue weighted by molar-refractivity contribution is 5.25. The van der Waals surface area contributed by atoms with Crippen molar-refractivity contribution in [2.24, 2.45) is 5.73 Å². The van der Waals surface area contributed by atoms with E-state index in [2.05, 4.69) is 11.8 Å². The van der Waals surface area contributed by atoms with Gasteiger partial charge < -0.3 is 10.5 Å². The number of hydrogen-bond donors (Lipinski definition) is 1. The molecule has 1 aliphatic heterocycles. The van der Waals surface area contributed by atoms with Crippen LogP contribution in [-0.2, 0) is 17.8 Å². The molecule has 0 aromatic heterocycles. The first-order valence-corrected chi connectivity index (χ1v) is 7.04. The Morgan fingerprint density at radius 2 is 2.32 bits per heavy atom. The molecule has 0 saturated carbocycles. The number of likely N-dealkylation sites (N-methyl/N-ethyl adjacent to an activating group) is 1. The highest BCUT2D eigenvalue weighted by atomic mass is 19.1. The molecule has 1 aliphatic rings. The molecule has 0 bridgehead atoms. The number of nitrogens with two attached hydrogens (primary N) is 1. The van der Waals surface area contributed by atoms with Crippen molar-refractivity contribution in [2.45, 2.75) is 39.0 Å². The average Bonchev–Trinajstić information content (AvgIpc) is 2.93. The first-order chi connectivity index (χ1) is 9.22. The number of halogens is 1. The lowest BCUT2D eigenvalue weighted by Gasteiger charge is -2.24. The van der Waals surface area contributed by atoms with E-state index in [1.165, 1.54) is 6.07 Å². The minimum atomic E-state index is -0.214. The van der Waals surface area contributed by atoms with Crippen LogP contribution in [-0.4, -0.2) is 30.7 Å². The Labute approximate surface area is 114 Å². The largest absolute Gasteiger partial charge is 0.377 e. The summed E-state index contributed by atoms with van der Waals surface area (Å²) in [7, 11) is 0. The van der Waals surface area contributed by atoms with Crippen molar-refractivity contribution in [2.75, 3.05) is 19.7 Å². The zero-order valence-electron chi connectivity index (χ0n) is 11.6. The monoisotopic (exact) mass is 266 g/mol. The van der Waals surface area contributed by atoms with E-state index >= 15 is 0 Å². The maximum atomic E-state index is 13.4. The molecule has 0 aliphatic carbocycles. The molecule has 1 atom stereocenters. The molecular formula is C15H23FN2O. The molecule has 2 N–H and O–H groups in total. The second-order valence-corrected chi connectivity index (χ2v) is 5.09. The first-order valence-electron chi connectivity index (χ1n) is 7.04. The van der Waals surface area contributed by atoms with Gasteiger partial charge in [0.05, 0.1) is 6.10 Å². The fraction of sp³-hybridized carbons (Fsp3) is 0.600. The van der Waals surface area contributed by atoms with Crippen molar-refractivity contribution in [3.63, 3.8) is 0 Å². The Morgan fingerprint density at radius 1 is 1.47 bits per heavy atom. The van der Waals surface area contributed by atoms with Gasteiger partial charge in [0.15, 0.2) is 0 Å². The van der Waals surface area contributed by atoms with Crippen molar-refractivity contribution >= 4 is 0 Å². The van der Waals surface area contributed by atoms with E-state index in [1.807, 2.05) is 12.1 Å². The predicted molar refractivity (Wildman–Crippen MR) is 74.2 cm³/mol. The van der Waals surface area contributed by atoms with E-state index in [0.717, 1.165) is 44.6 Å². The second kappa shape index (κ2) is 6.98. The molecule has 2 rings (SSSR count). The Morgan fingerprint density at radius 3 is 2.95 bits per heavy atom. The summed E-state index contributed by atoms with van der Waals surface area (Å²) in [4.78, 5) is 2.34.